The number of aryl methyl sites for hydroxylation is 1. The van der Waals surface area contributed by atoms with Gasteiger partial charge in [0.15, 0.2) is 0 Å². The molecule has 1 heterocycles. The van der Waals surface area contributed by atoms with Gasteiger partial charge in [0.2, 0.25) is 0 Å². The lowest BCUT2D eigenvalue weighted by atomic mass is 10.2. The maximum atomic E-state index is 12.0. The lowest BCUT2D eigenvalue weighted by Crippen LogP contribution is -2.23. The smallest absolute Gasteiger partial charge is 0.299 e. The highest BCUT2D eigenvalue weighted by molar-refractivity contribution is 6.33. The van der Waals surface area contributed by atoms with Crippen molar-refractivity contribution in [2.45, 2.75) is 13.5 Å². The van der Waals surface area contributed by atoms with Gasteiger partial charge in [0, 0.05) is 21.8 Å². The largest absolute Gasteiger partial charge is 0.468 e. The molecule has 0 fully saturated rings. The van der Waals surface area contributed by atoms with E-state index in [9.17, 15) is 4.79 Å². The van der Waals surface area contributed by atoms with E-state index < -0.39 is 0 Å². The Morgan fingerprint density at radius 2 is 2.05 bits per heavy atom. The number of benzene rings is 1. The third kappa shape index (κ3) is 3.08. The number of aromatic nitrogens is 2. The fourth-order valence-corrected chi connectivity index (χ4v) is 2.10. The van der Waals surface area contributed by atoms with E-state index in [4.69, 9.17) is 27.9 Å². The Morgan fingerprint density at radius 3 is 2.74 bits per heavy atom. The Kier molecular flexibility index (Phi) is 4.12. The zero-order valence-electron chi connectivity index (χ0n) is 10.5. The molecule has 0 atom stereocenters. The van der Waals surface area contributed by atoms with E-state index in [1.165, 1.54) is 17.7 Å². The fraction of sp³-hybridized carbons (Fsp3) is 0.231. The van der Waals surface area contributed by atoms with Crippen molar-refractivity contribution < 1.29 is 4.74 Å². The van der Waals surface area contributed by atoms with Crippen LogP contribution in [0.5, 0.6) is 6.01 Å². The number of rotatable bonds is 3. The molecule has 0 spiro atoms. The standard InChI is InChI=1S/C13H12Cl2N2O2/c1-8-5-12(18)17(13(16-8)19-2)7-9-6-10(14)3-4-11(9)15/h3-6H,7H2,1-2H3. The summed E-state index contributed by atoms with van der Waals surface area (Å²) in [5.41, 5.74) is 1.15. The molecule has 0 aliphatic carbocycles. The Labute approximate surface area is 120 Å². The fourth-order valence-electron chi connectivity index (χ4n) is 1.73. The van der Waals surface area contributed by atoms with Crippen LogP contribution in [0.2, 0.25) is 10.0 Å². The minimum atomic E-state index is -0.194. The zero-order valence-corrected chi connectivity index (χ0v) is 12.0. The molecule has 6 heteroatoms. The predicted octanol–water partition coefficient (Wildman–Crippen LogP) is 2.92. The van der Waals surface area contributed by atoms with Crippen molar-refractivity contribution in [2.75, 3.05) is 7.11 Å². The lowest BCUT2D eigenvalue weighted by Gasteiger charge is -2.12. The molecule has 0 radical (unpaired) electrons. The Morgan fingerprint density at radius 1 is 1.32 bits per heavy atom. The van der Waals surface area contributed by atoms with Gasteiger partial charge in [-0.05, 0) is 30.7 Å². The maximum absolute atomic E-state index is 12.0. The number of methoxy groups -OCH3 is 1. The van der Waals surface area contributed by atoms with Crippen LogP contribution in [0.25, 0.3) is 0 Å². The molecule has 0 saturated heterocycles. The normalized spacial score (nSPS) is 10.5. The maximum Gasteiger partial charge on any atom is 0.299 e. The van der Waals surface area contributed by atoms with E-state index >= 15 is 0 Å². The quantitative estimate of drug-likeness (QED) is 0.875. The minimum absolute atomic E-state index is 0.194. The summed E-state index contributed by atoms with van der Waals surface area (Å²) in [7, 11) is 1.47. The Bertz CT molecular complexity index is 668. The average molecular weight is 299 g/mol. The van der Waals surface area contributed by atoms with Crippen molar-refractivity contribution >= 4 is 23.2 Å². The lowest BCUT2D eigenvalue weighted by molar-refractivity contribution is 0.350. The molecule has 0 unspecified atom stereocenters. The van der Waals surface area contributed by atoms with Crippen LogP contribution in [0.3, 0.4) is 0 Å². The summed E-state index contributed by atoms with van der Waals surface area (Å²) in [5.74, 6) is 0. The van der Waals surface area contributed by atoms with Crippen LogP contribution in [0.1, 0.15) is 11.3 Å². The molecule has 0 bridgehead atoms. The second-order valence-electron chi connectivity index (χ2n) is 4.04. The zero-order chi connectivity index (χ0) is 14.0. The molecule has 0 amide bonds. The average Bonchev–Trinajstić information content (AvgIpc) is 2.36. The van der Waals surface area contributed by atoms with Crippen LogP contribution in [0.15, 0.2) is 29.1 Å². The molecule has 4 nitrogen and oxygen atoms in total. The van der Waals surface area contributed by atoms with Gasteiger partial charge in [-0.1, -0.05) is 23.2 Å². The second kappa shape index (κ2) is 5.63. The number of hydrogen-bond acceptors (Lipinski definition) is 3. The van der Waals surface area contributed by atoms with Crippen molar-refractivity contribution in [3.63, 3.8) is 0 Å². The second-order valence-corrected chi connectivity index (χ2v) is 4.89. The van der Waals surface area contributed by atoms with Crippen LogP contribution >= 0.6 is 23.2 Å². The summed E-state index contributed by atoms with van der Waals surface area (Å²) >= 11 is 12.0. The van der Waals surface area contributed by atoms with Gasteiger partial charge in [-0.15, -0.1) is 0 Å². The first kappa shape index (κ1) is 13.9. The molecule has 0 aliphatic heterocycles. The van der Waals surface area contributed by atoms with E-state index in [0.717, 1.165) is 5.56 Å². The van der Waals surface area contributed by atoms with Gasteiger partial charge in [0.05, 0.1) is 13.7 Å². The molecule has 1 aromatic heterocycles. The summed E-state index contributed by atoms with van der Waals surface area (Å²) in [6, 6.07) is 6.80. The van der Waals surface area contributed by atoms with Crippen LogP contribution in [-0.4, -0.2) is 16.7 Å². The molecule has 0 N–H and O–H groups in total. The molecular weight excluding hydrogens is 287 g/mol. The van der Waals surface area contributed by atoms with Gasteiger partial charge >= 0.3 is 0 Å². The van der Waals surface area contributed by atoms with E-state index in [1.54, 1.807) is 25.1 Å². The number of nitrogens with zero attached hydrogens (tertiary/aromatic N) is 2. The summed E-state index contributed by atoms with van der Waals surface area (Å²) in [5, 5.41) is 1.10. The Hall–Kier alpha value is -1.52. The summed E-state index contributed by atoms with van der Waals surface area (Å²) in [4.78, 5) is 16.2. The molecule has 1 aromatic carbocycles. The van der Waals surface area contributed by atoms with E-state index in [0.29, 0.717) is 15.7 Å². The predicted molar refractivity (Wildman–Crippen MR) is 75.4 cm³/mol. The van der Waals surface area contributed by atoms with Gasteiger partial charge in [-0.25, -0.2) is 4.98 Å². The summed E-state index contributed by atoms with van der Waals surface area (Å²) in [6.45, 7) is 2.00. The van der Waals surface area contributed by atoms with Crippen molar-refractivity contribution in [3.8, 4) is 6.01 Å². The van der Waals surface area contributed by atoms with Crippen molar-refractivity contribution in [2.24, 2.45) is 0 Å². The van der Waals surface area contributed by atoms with E-state index in [1.807, 2.05) is 0 Å². The highest BCUT2D eigenvalue weighted by Gasteiger charge is 2.10. The molecule has 0 aliphatic rings. The minimum Gasteiger partial charge on any atom is -0.468 e. The van der Waals surface area contributed by atoms with Crippen molar-refractivity contribution in [3.05, 3.63) is 55.9 Å². The first-order valence-electron chi connectivity index (χ1n) is 5.57. The molecular formula is C13H12Cl2N2O2. The molecule has 2 aromatic rings. The summed E-state index contributed by atoms with van der Waals surface area (Å²) < 4.78 is 6.53. The van der Waals surface area contributed by atoms with Crippen molar-refractivity contribution in [1.82, 2.24) is 9.55 Å². The van der Waals surface area contributed by atoms with Gasteiger partial charge < -0.3 is 4.74 Å². The highest BCUT2D eigenvalue weighted by atomic mass is 35.5. The van der Waals surface area contributed by atoms with Crippen LogP contribution in [0, 0.1) is 6.92 Å². The molecule has 2 rings (SSSR count). The molecule has 0 saturated carbocycles. The number of ether oxygens (including phenoxy) is 1. The monoisotopic (exact) mass is 298 g/mol. The third-order valence-electron chi connectivity index (χ3n) is 2.62. The van der Waals surface area contributed by atoms with E-state index in [2.05, 4.69) is 4.98 Å². The van der Waals surface area contributed by atoms with Gasteiger partial charge in [-0.2, -0.15) is 0 Å². The van der Waals surface area contributed by atoms with Crippen LogP contribution in [-0.2, 0) is 6.54 Å². The molecule has 19 heavy (non-hydrogen) atoms. The van der Waals surface area contributed by atoms with E-state index in [-0.39, 0.29) is 18.1 Å². The molecule has 100 valence electrons. The summed E-state index contributed by atoms with van der Waals surface area (Å²) in [6.07, 6.45) is 0. The van der Waals surface area contributed by atoms with Gasteiger partial charge in [0.25, 0.3) is 11.6 Å². The number of halogens is 2. The first-order chi connectivity index (χ1) is 9.01. The van der Waals surface area contributed by atoms with Gasteiger partial charge in [-0.3, -0.25) is 9.36 Å². The topological polar surface area (TPSA) is 44.1 Å². The highest BCUT2D eigenvalue weighted by Crippen LogP contribution is 2.22. The van der Waals surface area contributed by atoms with Crippen molar-refractivity contribution in [1.29, 1.82) is 0 Å². The number of hydrogen-bond donors (Lipinski definition) is 0. The van der Waals surface area contributed by atoms with Gasteiger partial charge in [0.1, 0.15) is 0 Å². The van der Waals surface area contributed by atoms with Crippen LogP contribution < -0.4 is 10.3 Å². The van der Waals surface area contributed by atoms with Crippen LogP contribution in [0.4, 0.5) is 0 Å². The first-order valence-corrected chi connectivity index (χ1v) is 6.33. The third-order valence-corrected chi connectivity index (χ3v) is 3.22. The Balaban J connectivity index is 2.49. The SMILES string of the molecule is COc1nc(C)cc(=O)n1Cc1cc(Cl)ccc1Cl.